The van der Waals surface area contributed by atoms with E-state index in [2.05, 4.69) is 38.1 Å². The molecule has 0 bridgehead atoms. The monoisotopic (exact) mass is 271 g/mol. The third kappa shape index (κ3) is 2.40. The Morgan fingerprint density at radius 2 is 2.53 bits per heavy atom. The summed E-state index contributed by atoms with van der Waals surface area (Å²) in [5.74, 6) is 1.41. The van der Waals surface area contributed by atoms with Gasteiger partial charge in [-0.05, 0) is 34.7 Å². The zero-order valence-electron chi connectivity index (χ0n) is 8.59. The van der Waals surface area contributed by atoms with Crippen molar-refractivity contribution in [3.63, 3.8) is 0 Å². The number of aromatic amines is 1. The summed E-state index contributed by atoms with van der Waals surface area (Å²) in [5, 5.41) is 3.28. The number of nitrogens with zero attached hydrogens (tertiary/aromatic N) is 1. The first-order valence-corrected chi connectivity index (χ1v) is 6.01. The SMILES string of the molecule is CCCC1CC1Nc1nc[nH]c(=O)c1Br. The van der Waals surface area contributed by atoms with E-state index >= 15 is 0 Å². The Kier molecular flexibility index (Phi) is 3.09. The first-order chi connectivity index (χ1) is 7.22. The summed E-state index contributed by atoms with van der Waals surface area (Å²) in [4.78, 5) is 17.9. The molecular weight excluding hydrogens is 258 g/mol. The average molecular weight is 272 g/mol. The number of aromatic nitrogens is 2. The summed E-state index contributed by atoms with van der Waals surface area (Å²) in [6.45, 7) is 2.19. The van der Waals surface area contributed by atoms with Crippen LogP contribution in [0.5, 0.6) is 0 Å². The normalized spacial score (nSPS) is 23.9. The molecule has 1 saturated carbocycles. The van der Waals surface area contributed by atoms with E-state index in [9.17, 15) is 4.79 Å². The van der Waals surface area contributed by atoms with E-state index in [1.807, 2.05) is 0 Å². The van der Waals surface area contributed by atoms with Gasteiger partial charge in [0.25, 0.3) is 5.56 Å². The van der Waals surface area contributed by atoms with Crippen molar-refractivity contribution < 1.29 is 0 Å². The molecule has 1 aromatic heterocycles. The van der Waals surface area contributed by atoms with Crippen LogP contribution in [0.4, 0.5) is 5.82 Å². The number of hydrogen-bond acceptors (Lipinski definition) is 3. The van der Waals surface area contributed by atoms with Crippen LogP contribution in [0.15, 0.2) is 15.6 Å². The molecule has 0 aromatic carbocycles. The summed E-state index contributed by atoms with van der Waals surface area (Å²) in [5.41, 5.74) is -0.139. The number of halogens is 1. The molecule has 82 valence electrons. The Bertz CT molecular complexity index is 404. The number of nitrogens with one attached hydrogen (secondary N) is 2. The van der Waals surface area contributed by atoms with Crippen LogP contribution in [0.1, 0.15) is 26.2 Å². The van der Waals surface area contributed by atoms with E-state index in [-0.39, 0.29) is 5.56 Å². The van der Waals surface area contributed by atoms with Gasteiger partial charge in [-0.25, -0.2) is 4.98 Å². The second-order valence-corrected chi connectivity index (χ2v) is 4.72. The Morgan fingerprint density at radius 1 is 1.73 bits per heavy atom. The fourth-order valence-electron chi connectivity index (χ4n) is 1.77. The van der Waals surface area contributed by atoms with Crippen molar-refractivity contribution in [2.45, 2.75) is 32.2 Å². The third-order valence-corrected chi connectivity index (χ3v) is 3.44. The fourth-order valence-corrected chi connectivity index (χ4v) is 2.10. The maximum Gasteiger partial charge on any atom is 0.267 e. The molecule has 1 fully saturated rings. The van der Waals surface area contributed by atoms with E-state index in [4.69, 9.17) is 0 Å². The largest absolute Gasteiger partial charge is 0.366 e. The quantitative estimate of drug-likeness (QED) is 0.882. The van der Waals surface area contributed by atoms with Crippen molar-refractivity contribution in [2.24, 2.45) is 5.92 Å². The minimum atomic E-state index is -0.139. The molecule has 1 aliphatic carbocycles. The first kappa shape index (κ1) is 10.7. The van der Waals surface area contributed by atoms with Crippen molar-refractivity contribution in [3.8, 4) is 0 Å². The second-order valence-electron chi connectivity index (χ2n) is 3.93. The van der Waals surface area contributed by atoms with Gasteiger partial charge in [0.1, 0.15) is 10.3 Å². The molecule has 0 saturated heterocycles. The molecule has 1 heterocycles. The van der Waals surface area contributed by atoms with E-state index in [1.165, 1.54) is 25.6 Å². The molecular formula is C10H14BrN3O. The van der Waals surface area contributed by atoms with Crippen molar-refractivity contribution in [1.29, 1.82) is 0 Å². The zero-order valence-corrected chi connectivity index (χ0v) is 10.2. The smallest absolute Gasteiger partial charge is 0.267 e. The lowest BCUT2D eigenvalue weighted by Gasteiger charge is -2.05. The Morgan fingerprint density at radius 3 is 3.27 bits per heavy atom. The van der Waals surface area contributed by atoms with Crippen LogP contribution in [0.2, 0.25) is 0 Å². The fraction of sp³-hybridized carbons (Fsp3) is 0.600. The van der Waals surface area contributed by atoms with Gasteiger partial charge in [0.2, 0.25) is 0 Å². The predicted octanol–water partition coefficient (Wildman–Crippen LogP) is 2.13. The highest BCUT2D eigenvalue weighted by Gasteiger charge is 2.36. The third-order valence-electron chi connectivity index (χ3n) is 2.70. The number of hydrogen-bond donors (Lipinski definition) is 2. The molecule has 0 spiro atoms. The summed E-state index contributed by atoms with van der Waals surface area (Å²) < 4.78 is 0.493. The first-order valence-electron chi connectivity index (χ1n) is 5.22. The van der Waals surface area contributed by atoms with Crippen LogP contribution in [0.3, 0.4) is 0 Å². The number of H-pyrrole nitrogens is 1. The lowest BCUT2D eigenvalue weighted by Crippen LogP contribution is -2.14. The summed E-state index contributed by atoms with van der Waals surface area (Å²) in [6.07, 6.45) is 5.08. The van der Waals surface area contributed by atoms with Crippen LogP contribution in [0, 0.1) is 5.92 Å². The molecule has 5 heteroatoms. The second kappa shape index (κ2) is 4.35. The van der Waals surface area contributed by atoms with Crippen LogP contribution >= 0.6 is 15.9 Å². The van der Waals surface area contributed by atoms with E-state index in [1.54, 1.807) is 0 Å². The minimum Gasteiger partial charge on any atom is -0.366 e. The maximum atomic E-state index is 11.3. The summed E-state index contributed by atoms with van der Waals surface area (Å²) in [7, 11) is 0. The lowest BCUT2D eigenvalue weighted by molar-refractivity contribution is 0.692. The lowest BCUT2D eigenvalue weighted by atomic mass is 10.2. The molecule has 0 aliphatic heterocycles. The maximum absolute atomic E-state index is 11.3. The average Bonchev–Trinajstić information content (AvgIpc) is 2.93. The van der Waals surface area contributed by atoms with Gasteiger partial charge < -0.3 is 10.3 Å². The van der Waals surface area contributed by atoms with Gasteiger partial charge in [-0.2, -0.15) is 0 Å². The van der Waals surface area contributed by atoms with Gasteiger partial charge >= 0.3 is 0 Å². The zero-order chi connectivity index (χ0) is 10.8. The minimum absolute atomic E-state index is 0.139. The standard InChI is InChI=1S/C10H14BrN3O/c1-2-3-6-4-7(6)14-9-8(11)10(15)13-5-12-9/h5-7H,2-4H2,1H3,(H2,12,13,14,15). The molecule has 0 amide bonds. The van der Waals surface area contributed by atoms with Crippen LogP contribution in [-0.2, 0) is 0 Å². The molecule has 2 atom stereocenters. The van der Waals surface area contributed by atoms with Gasteiger partial charge in [-0.3, -0.25) is 4.79 Å². The Labute approximate surface area is 96.6 Å². The highest BCUT2D eigenvalue weighted by atomic mass is 79.9. The van der Waals surface area contributed by atoms with Gasteiger partial charge in [-0.1, -0.05) is 13.3 Å². The van der Waals surface area contributed by atoms with Crippen LogP contribution in [-0.4, -0.2) is 16.0 Å². The topological polar surface area (TPSA) is 57.8 Å². The number of anilines is 1. The molecule has 2 rings (SSSR count). The predicted molar refractivity (Wildman–Crippen MR) is 63.0 cm³/mol. The molecule has 2 N–H and O–H groups in total. The molecule has 15 heavy (non-hydrogen) atoms. The molecule has 1 aliphatic rings. The van der Waals surface area contributed by atoms with E-state index in [0.29, 0.717) is 16.3 Å². The molecule has 1 aromatic rings. The van der Waals surface area contributed by atoms with E-state index < -0.39 is 0 Å². The molecule has 0 radical (unpaired) electrons. The highest BCUT2D eigenvalue weighted by Crippen LogP contribution is 2.37. The highest BCUT2D eigenvalue weighted by molar-refractivity contribution is 9.10. The van der Waals surface area contributed by atoms with Gasteiger partial charge in [0, 0.05) is 6.04 Å². The van der Waals surface area contributed by atoms with Gasteiger partial charge in [0.05, 0.1) is 6.33 Å². The molecule has 4 nitrogen and oxygen atoms in total. The van der Waals surface area contributed by atoms with Crippen LogP contribution in [0.25, 0.3) is 0 Å². The van der Waals surface area contributed by atoms with Crippen molar-refractivity contribution >= 4 is 21.7 Å². The summed E-state index contributed by atoms with van der Waals surface area (Å²) >= 11 is 3.23. The molecule has 2 unspecified atom stereocenters. The summed E-state index contributed by atoms with van der Waals surface area (Å²) in [6, 6.07) is 0.496. The Hall–Kier alpha value is -0.840. The van der Waals surface area contributed by atoms with Gasteiger partial charge in [0.15, 0.2) is 0 Å². The van der Waals surface area contributed by atoms with Crippen LogP contribution < -0.4 is 10.9 Å². The van der Waals surface area contributed by atoms with Gasteiger partial charge in [-0.15, -0.1) is 0 Å². The van der Waals surface area contributed by atoms with Crippen molar-refractivity contribution in [1.82, 2.24) is 9.97 Å². The van der Waals surface area contributed by atoms with Crippen molar-refractivity contribution in [3.05, 3.63) is 21.2 Å². The number of rotatable bonds is 4. The Balaban J connectivity index is 2.01. The van der Waals surface area contributed by atoms with Crippen molar-refractivity contribution in [2.75, 3.05) is 5.32 Å². The van der Waals surface area contributed by atoms with E-state index in [0.717, 1.165) is 5.92 Å².